The summed E-state index contributed by atoms with van der Waals surface area (Å²) in [5.41, 5.74) is 0. The number of hydrogen-bond donors (Lipinski definition) is 1. The van der Waals surface area contributed by atoms with Crippen LogP contribution in [0.25, 0.3) is 0 Å². The molecule has 0 aromatic carbocycles. The molecule has 1 saturated heterocycles. The van der Waals surface area contributed by atoms with Crippen molar-refractivity contribution < 1.29 is 0 Å². The van der Waals surface area contributed by atoms with Crippen LogP contribution in [0.1, 0.15) is 13.3 Å². The number of hydrogen-bond acceptors (Lipinski definition) is 4. The first-order valence-electron chi connectivity index (χ1n) is 5.61. The highest BCUT2D eigenvalue weighted by Crippen LogP contribution is 2.15. The lowest BCUT2D eigenvalue weighted by molar-refractivity contribution is 0.345. The summed E-state index contributed by atoms with van der Waals surface area (Å²) >= 11 is 0. The summed E-state index contributed by atoms with van der Waals surface area (Å²) in [7, 11) is 0. The molecule has 4 nitrogen and oxygen atoms in total. The summed E-state index contributed by atoms with van der Waals surface area (Å²) in [4.78, 5) is 10.8. The summed E-state index contributed by atoms with van der Waals surface area (Å²) in [6.07, 6.45) is 4.82. The molecule has 0 aliphatic carbocycles. The standard InChI is InChI=1S/C11H18N4/c1-2-15-7-4-10(9-15)8-14-11-12-5-3-6-13-11/h3,5-6,10H,2,4,7-9H2,1H3,(H,12,13,14). The SMILES string of the molecule is CCN1CCC(CNc2ncccn2)C1. The van der Waals surface area contributed by atoms with Crippen LogP contribution in [-0.4, -0.2) is 41.0 Å². The first-order valence-corrected chi connectivity index (χ1v) is 5.61. The van der Waals surface area contributed by atoms with E-state index in [2.05, 4.69) is 27.1 Å². The number of rotatable bonds is 4. The maximum Gasteiger partial charge on any atom is 0.222 e. The van der Waals surface area contributed by atoms with Crippen molar-refractivity contribution in [2.75, 3.05) is 31.5 Å². The van der Waals surface area contributed by atoms with Crippen molar-refractivity contribution in [3.8, 4) is 0 Å². The van der Waals surface area contributed by atoms with Gasteiger partial charge in [-0.05, 0) is 31.5 Å². The van der Waals surface area contributed by atoms with Gasteiger partial charge in [-0.15, -0.1) is 0 Å². The molecule has 1 unspecified atom stereocenters. The molecule has 1 aliphatic rings. The van der Waals surface area contributed by atoms with Crippen LogP contribution in [0.3, 0.4) is 0 Å². The molecular weight excluding hydrogens is 188 g/mol. The lowest BCUT2D eigenvalue weighted by Gasteiger charge is -2.13. The van der Waals surface area contributed by atoms with E-state index in [-0.39, 0.29) is 0 Å². The number of nitrogens with one attached hydrogen (secondary N) is 1. The highest BCUT2D eigenvalue weighted by Gasteiger charge is 2.20. The highest BCUT2D eigenvalue weighted by atomic mass is 15.2. The molecule has 2 rings (SSSR count). The molecule has 82 valence electrons. The third kappa shape index (κ3) is 2.89. The van der Waals surface area contributed by atoms with Crippen molar-refractivity contribution in [2.24, 2.45) is 5.92 Å². The predicted molar refractivity (Wildman–Crippen MR) is 60.7 cm³/mol. The van der Waals surface area contributed by atoms with Crippen LogP contribution < -0.4 is 5.32 Å². The Morgan fingerprint density at radius 3 is 2.93 bits per heavy atom. The van der Waals surface area contributed by atoms with Gasteiger partial charge in [-0.1, -0.05) is 6.92 Å². The van der Waals surface area contributed by atoms with Gasteiger partial charge in [0.1, 0.15) is 0 Å². The lowest BCUT2D eigenvalue weighted by Crippen LogP contribution is -2.22. The van der Waals surface area contributed by atoms with Crippen molar-refractivity contribution in [2.45, 2.75) is 13.3 Å². The Morgan fingerprint density at radius 1 is 1.47 bits per heavy atom. The molecule has 15 heavy (non-hydrogen) atoms. The quantitative estimate of drug-likeness (QED) is 0.804. The van der Waals surface area contributed by atoms with E-state index in [0.29, 0.717) is 0 Å². The molecular formula is C11H18N4. The van der Waals surface area contributed by atoms with E-state index in [0.717, 1.165) is 18.4 Å². The maximum atomic E-state index is 4.14. The van der Waals surface area contributed by atoms with Gasteiger partial charge in [-0.25, -0.2) is 9.97 Å². The van der Waals surface area contributed by atoms with E-state index >= 15 is 0 Å². The zero-order chi connectivity index (χ0) is 10.5. The van der Waals surface area contributed by atoms with Gasteiger partial charge in [0.25, 0.3) is 0 Å². The Balaban J connectivity index is 1.75. The fraction of sp³-hybridized carbons (Fsp3) is 0.636. The summed E-state index contributed by atoms with van der Waals surface area (Å²) in [5, 5.41) is 3.28. The minimum Gasteiger partial charge on any atom is -0.354 e. The minimum atomic E-state index is 0.743. The molecule has 4 heteroatoms. The van der Waals surface area contributed by atoms with Crippen LogP contribution in [0.5, 0.6) is 0 Å². The van der Waals surface area contributed by atoms with Crippen LogP contribution in [-0.2, 0) is 0 Å². The summed E-state index contributed by atoms with van der Waals surface area (Å²) in [5.74, 6) is 1.49. The third-order valence-electron chi connectivity index (χ3n) is 2.93. The van der Waals surface area contributed by atoms with E-state index in [4.69, 9.17) is 0 Å². The van der Waals surface area contributed by atoms with Crippen LogP contribution in [0, 0.1) is 5.92 Å². The fourth-order valence-corrected chi connectivity index (χ4v) is 1.99. The summed E-state index contributed by atoms with van der Waals surface area (Å²) in [6.45, 7) is 6.81. The number of likely N-dealkylation sites (tertiary alicyclic amines) is 1. The Hall–Kier alpha value is -1.16. The van der Waals surface area contributed by atoms with Gasteiger partial charge in [0.15, 0.2) is 0 Å². The van der Waals surface area contributed by atoms with Crippen molar-refractivity contribution in [1.29, 1.82) is 0 Å². The molecule has 1 aromatic rings. The highest BCUT2D eigenvalue weighted by molar-refractivity contribution is 5.22. The van der Waals surface area contributed by atoms with Crippen LogP contribution in [0.4, 0.5) is 5.95 Å². The Bertz CT molecular complexity index is 288. The van der Waals surface area contributed by atoms with Crippen molar-refractivity contribution in [3.05, 3.63) is 18.5 Å². The second kappa shape index (κ2) is 5.07. The Labute approximate surface area is 90.7 Å². The number of anilines is 1. The molecule has 0 radical (unpaired) electrons. The van der Waals surface area contributed by atoms with Crippen molar-refractivity contribution in [1.82, 2.24) is 14.9 Å². The second-order valence-corrected chi connectivity index (χ2v) is 4.00. The van der Waals surface area contributed by atoms with Crippen LogP contribution in [0.2, 0.25) is 0 Å². The molecule has 0 amide bonds. The van der Waals surface area contributed by atoms with Crippen molar-refractivity contribution >= 4 is 5.95 Å². The van der Waals surface area contributed by atoms with Crippen LogP contribution in [0.15, 0.2) is 18.5 Å². The van der Waals surface area contributed by atoms with Gasteiger partial charge in [0.2, 0.25) is 5.95 Å². The van der Waals surface area contributed by atoms with Gasteiger partial charge < -0.3 is 10.2 Å². The predicted octanol–water partition coefficient (Wildman–Crippen LogP) is 1.23. The summed E-state index contributed by atoms with van der Waals surface area (Å²) in [6, 6.07) is 1.83. The third-order valence-corrected chi connectivity index (χ3v) is 2.93. The molecule has 1 aromatic heterocycles. The Morgan fingerprint density at radius 2 is 2.27 bits per heavy atom. The minimum absolute atomic E-state index is 0.743. The lowest BCUT2D eigenvalue weighted by atomic mass is 10.1. The van der Waals surface area contributed by atoms with E-state index in [1.165, 1.54) is 26.1 Å². The zero-order valence-corrected chi connectivity index (χ0v) is 9.19. The smallest absolute Gasteiger partial charge is 0.222 e. The number of nitrogens with zero attached hydrogens (tertiary/aromatic N) is 3. The first kappa shape index (κ1) is 10.4. The van der Waals surface area contributed by atoms with E-state index < -0.39 is 0 Å². The molecule has 1 atom stereocenters. The molecule has 1 N–H and O–H groups in total. The molecule has 0 saturated carbocycles. The van der Waals surface area contributed by atoms with E-state index in [9.17, 15) is 0 Å². The second-order valence-electron chi connectivity index (χ2n) is 4.00. The molecule has 0 spiro atoms. The van der Waals surface area contributed by atoms with Gasteiger partial charge in [-0.3, -0.25) is 0 Å². The zero-order valence-electron chi connectivity index (χ0n) is 9.19. The number of aromatic nitrogens is 2. The average molecular weight is 206 g/mol. The molecule has 1 fully saturated rings. The Kier molecular flexibility index (Phi) is 3.50. The summed E-state index contributed by atoms with van der Waals surface area (Å²) < 4.78 is 0. The largest absolute Gasteiger partial charge is 0.354 e. The van der Waals surface area contributed by atoms with E-state index in [1.54, 1.807) is 12.4 Å². The van der Waals surface area contributed by atoms with Gasteiger partial charge >= 0.3 is 0 Å². The molecule has 2 heterocycles. The van der Waals surface area contributed by atoms with Gasteiger partial charge in [0.05, 0.1) is 0 Å². The van der Waals surface area contributed by atoms with Crippen molar-refractivity contribution in [3.63, 3.8) is 0 Å². The van der Waals surface area contributed by atoms with E-state index in [1.807, 2.05) is 6.07 Å². The molecule has 1 aliphatic heterocycles. The topological polar surface area (TPSA) is 41.0 Å². The maximum absolute atomic E-state index is 4.14. The average Bonchev–Trinajstić information content (AvgIpc) is 2.76. The van der Waals surface area contributed by atoms with Gasteiger partial charge in [0, 0.05) is 25.5 Å². The monoisotopic (exact) mass is 206 g/mol. The van der Waals surface area contributed by atoms with Crippen LogP contribution >= 0.6 is 0 Å². The van der Waals surface area contributed by atoms with Gasteiger partial charge in [-0.2, -0.15) is 0 Å². The fourth-order valence-electron chi connectivity index (χ4n) is 1.99. The normalized spacial score (nSPS) is 21.8. The molecule has 0 bridgehead atoms. The first-order chi connectivity index (χ1) is 7.38.